The van der Waals surface area contributed by atoms with Crippen LogP contribution in [0.4, 0.5) is 0 Å². The molecule has 0 spiro atoms. The van der Waals surface area contributed by atoms with Crippen LogP contribution >= 0.6 is 0 Å². The second-order valence-electron chi connectivity index (χ2n) is 5.43. The van der Waals surface area contributed by atoms with E-state index in [4.69, 9.17) is 0 Å². The molecule has 1 heterocycles. The summed E-state index contributed by atoms with van der Waals surface area (Å²) < 4.78 is 0. The third-order valence-corrected chi connectivity index (χ3v) is 3.85. The van der Waals surface area contributed by atoms with Gasteiger partial charge in [-0.25, -0.2) is 0 Å². The van der Waals surface area contributed by atoms with Crippen molar-refractivity contribution in [2.45, 2.75) is 71.4 Å². The first-order chi connectivity index (χ1) is 7.69. The van der Waals surface area contributed by atoms with E-state index in [0.29, 0.717) is 6.04 Å². The van der Waals surface area contributed by atoms with Crippen LogP contribution in [0.2, 0.25) is 0 Å². The van der Waals surface area contributed by atoms with Crippen molar-refractivity contribution in [1.82, 2.24) is 4.90 Å². The average Bonchev–Trinajstić information content (AvgIpc) is 2.29. The molecule has 3 unspecified atom stereocenters. The summed E-state index contributed by atoms with van der Waals surface area (Å²) >= 11 is 0. The Kier molecular flexibility index (Phi) is 6.37. The molecule has 0 amide bonds. The van der Waals surface area contributed by atoms with Gasteiger partial charge < -0.3 is 5.11 Å². The zero-order valence-electron chi connectivity index (χ0n) is 11.3. The lowest BCUT2D eigenvalue weighted by atomic mass is 9.94. The molecule has 0 bridgehead atoms. The minimum atomic E-state index is -0.117. The molecule has 0 aromatic carbocycles. The molecule has 2 heteroatoms. The molecule has 0 saturated carbocycles. The van der Waals surface area contributed by atoms with Gasteiger partial charge in [-0.2, -0.15) is 0 Å². The van der Waals surface area contributed by atoms with Crippen LogP contribution < -0.4 is 0 Å². The van der Waals surface area contributed by atoms with E-state index in [9.17, 15) is 5.11 Å². The molecule has 1 fully saturated rings. The molecular formula is C14H29NO. The lowest BCUT2D eigenvalue weighted by molar-refractivity contribution is 0.0164. The third-order valence-electron chi connectivity index (χ3n) is 3.85. The fraction of sp³-hybridized carbons (Fsp3) is 1.00. The molecule has 2 nitrogen and oxygen atoms in total. The standard InChI is InChI=1S/C14H29NO/c1-4-8-12(3)11-15-10-7-6-9-13(15)14(16)5-2/h12-14,16H,4-11H2,1-3H3. The number of piperidine rings is 1. The number of aliphatic hydroxyl groups excluding tert-OH is 1. The molecule has 16 heavy (non-hydrogen) atoms. The van der Waals surface area contributed by atoms with Crippen molar-refractivity contribution in [2.24, 2.45) is 5.92 Å². The van der Waals surface area contributed by atoms with Crippen LogP contribution in [-0.2, 0) is 0 Å². The fourth-order valence-electron chi connectivity index (χ4n) is 2.94. The molecule has 1 aliphatic heterocycles. The zero-order chi connectivity index (χ0) is 12.0. The Bertz CT molecular complexity index is 184. The van der Waals surface area contributed by atoms with Crippen LogP contribution in [0, 0.1) is 5.92 Å². The van der Waals surface area contributed by atoms with E-state index >= 15 is 0 Å². The van der Waals surface area contributed by atoms with E-state index in [2.05, 4.69) is 25.7 Å². The molecule has 0 aromatic heterocycles. The van der Waals surface area contributed by atoms with E-state index < -0.39 is 0 Å². The van der Waals surface area contributed by atoms with Crippen LogP contribution in [0.25, 0.3) is 0 Å². The van der Waals surface area contributed by atoms with Gasteiger partial charge in [-0.05, 0) is 38.1 Å². The van der Waals surface area contributed by atoms with Crippen LogP contribution in [-0.4, -0.2) is 35.2 Å². The van der Waals surface area contributed by atoms with E-state index in [0.717, 1.165) is 12.3 Å². The summed E-state index contributed by atoms with van der Waals surface area (Å²) in [7, 11) is 0. The largest absolute Gasteiger partial charge is 0.392 e. The number of hydrogen-bond acceptors (Lipinski definition) is 2. The summed E-state index contributed by atoms with van der Waals surface area (Å²) in [4.78, 5) is 2.54. The first-order valence-corrected chi connectivity index (χ1v) is 7.11. The molecular weight excluding hydrogens is 198 g/mol. The molecule has 1 N–H and O–H groups in total. The summed E-state index contributed by atoms with van der Waals surface area (Å²) in [5.41, 5.74) is 0. The van der Waals surface area contributed by atoms with Crippen molar-refractivity contribution in [3.8, 4) is 0 Å². The summed E-state index contributed by atoms with van der Waals surface area (Å²) in [6.07, 6.45) is 7.15. The Labute approximate surface area is 101 Å². The van der Waals surface area contributed by atoms with Gasteiger partial charge in [0.05, 0.1) is 6.10 Å². The second kappa shape index (κ2) is 7.29. The maximum absolute atomic E-state index is 10.1. The normalized spacial score (nSPS) is 26.6. The smallest absolute Gasteiger partial charge is 0.0692 e. The number of rotatable bonds is 6. The van der Waals surface area contributed by atoms with Crippen LogP contribution in [0.3, 0.4) is 0 Å². The van der Waals surface area contributed by atoms with Crippen molar-refractivity contribution < 1.29 is 5.11 Å². The molecule has 0 aromatic rings. The van der Waals surface area contributed by atoms with E-state index in [-0.39, 0.29) is 6.10 Å². The first-order valence-electron chi connectivity index (χ1n) is 7.11. The second-order valence-corrected chi connectivity index (χ2v) is 5.43. The van der Waals surface area contributed by atoms with E-state index in [1.165, 1.54) is 45.2 Å². The Balaban J connectivity index is 2.46. The Morgan fingerprint density at radius 1 is 1.31 bits per heavy atom. The van der Waals surface area contributed by atoms with Gasteiger partial charge in [-0.3, -0.25) is 4.90 Å². The first kappa shape index (κ1) is 14.0. The monoisotopic (exact) mass is 227 g/mol. The highest BCUT2D eigenvalue weighted by atomic mass is 16.3. The van der Waals surface area contributed by atoms with Crippen molar-refractivity contribution in [1.29, 1.82) is 0 Å². The Hall–Kier alpha value is -0.0800. The van der Waals surface area contributed by atoms with Crippen molar-refractivity contribution in [3.63, 3.8) is 0 Å². The number of aliphatic hydroxyl groups is 1. The van der Waals surface area contributed by atoms with Gasteiger partial charge in [0.2, 0.25) is 0 Å². The van der Waals surface area contributed by atoms with Crippen LogP contribution in [0.15, 0.2) is 0 Å². The highest BCUT2D eigenvalue weighted by Crippen LogP contribution is 2.23. The molecule has 1 rings (SSSR count). The van der Waals surface area contributed by atoms with Gasteiger partial charge in [0.25, 0.3) is 0 Å². The van der Waals surface area contributed by atoms with Gasteiger partial charge in [0.15, 0.2) is 0 Å². The Morgan fingerprint density at radius 2 is 2.06 bits per heavy atom. The van der Waals surface area contributed by atoms with Gasteiger partial charge in [0, 0.05) is 12.6 Å². The van der Waals surface area contributed by atoms with E-state index in [1.807, 2.05) is 0 Å². The minimum absolute atomic E-state index is 0.117. The number of likely N-dealkylation sites (tertiary alicyclic amines) is 1. The minimum Gasteiger partial charge on any atom is -0.392 e. The van der Waals surface area contributed by atoms with Gasteiger partial charge >= 0.3 is 0 Å². The summed E-state index contributed by atoms with van der Waals surface area (Å²) in [6.45, 7) is 9.05. The van der Waals surface area contributed by atoms with Crippen molar-refractivity contribution in [3.05, 3.63) is 0 Å². The van der Waals surface area contributed by atoms with Crippen molar-refractivity contribution >= 4 is 0 Å². The lowest BCUT2D eigenvalue weighted by Gasteiger charge is -2.39. The van der Waals surface area contributed by atoms with Gasteiger partial charge in [-0.1, -0.05) is 33.6 Å². The predicted molar refractivity (Wildman–Crippen MR) is 69.6 cm³/mol. The predicted octanol–water partition coefficient (Wildman–Crippen LogP) is 3.05. The summed E-state index contributed by atoms with van der Waals surface area (Å²) in [6, 6.07) is 0.429. The lowest BCUT2D eigenvalue weighted by Crippen LogP contribution is -2.48. The molecule has 96 valence electrons. The third kappa shape index (κ3) is 4.06. The highest BCUT2D eigenvalue weighted by Gasteiger charge is 2.28. The number of hydrogen-bond donors (Lipinski definition) is 1. The highest BCUT2D eigenvalue weighted by molar-refractivity contribution is 4.83. The maximum atomic E-state index is 10.1. The Morgan fingerprint density at radius 3 is 2.69 bits per heavy atom. The topological polar surface area (TPSA) is 23.5 Å². The molecule has 1 saturated heterocycles. The molecule has 3 atom stereocenters. The van der Waals surface area contributed by atoms with Crippen molar-refractivity contribution in [2.75, 3.05) is 13.1 Å². The quantitative estimate of drug-likeness (QED) is 0.754. The molecule has 1 aliphatic rings. The fourth-order valence-corrected chi connectivity index (χ4v) is 2.94. The maximum Gasteiger partial charge on any atom is 0.0692 e. The van der Waals surface area contributed by atoms with E-state index in [1.54, 1.807) is 0 Å². The van der Waals surface area contributed by atoms with Gasteiger partial charge in [-0.15, -0.1) is 0 Å². The zero-order valence-corrected chi connectivity index (χ0v) is 11.3. The molecule has 0 aliphatic carbocycles. The van der Waals surface area contributed by atoms with Gasteiger partial charge in [0.1, 0.15) is 0 Å². The van der Waals surface area contributed by atoms with Crippen LogP contribution in [0.1, 0.15) is 59.3 Å². The molecule has 0 radical (unpaired) electrons. The SMILES string of the molecule is CCCC(C)CN1CCCCC1C(O)CC. The average molecular weight is 227 g/mol. The summed E-state index contributed by atoms with van der Waals surface area (Å²) in [5.74, 6) is 0.773. The number of nitrogens with zero attached hydrogens (tertiary/aromatic N) is 1. The van der Waals surface area contributed by atoms with Crippen LogP contribution in [0.5, 0.6) is 0 Å². The summed E-state index contributed by atoms with van der Waals surface area (Å²) in [5, 5.41) is 10.1.